The predicted molar refractivity (Wildman–Crippen MR) is 74.2 cm³/mol. The third-order valence-corrected chi connectivity index (χ3v) is 5.51. The van der Waals surface area contributed by atoms with Gasteiger partial charge < -0.3 is 9.84 Å². The number of rotatable bonds is 3. The smallest absolute Gasteiger partial charge is 0.325 e. The molecule has 0 bridgehead atoms. The van der Waals surface area contributed by atoms with Crippen LogP contribution in [0.3, 0.4) is 0 Å². The molecule has 1 aromatic rings. The largest absolute Gasteiger partial charge is 0.506 e. The standard InChI is InChI=1S/C13H17NO5S/c1-9(13(16)19-2)20(17,18)14-8-4-6-10-5-3-7-11(15)12(10)14/h3,5,7,9,15H,4,6,8H2,1-2H3. The van der Waals surface area contributed by atoms with Gasteiger partial charge in [-0.25, -0.2) is 8.42 Å². The summed E-state index contributed by atoms with van der Waals surface area (Å²) in [6.45, 7) is 1.53. The Morgan fingerprint density at radius 1 is 1.45 bits per heavy atom. The number of esters is 1. The van der Waals surface area contributed by atoms with E-state index in [1.54, 1.807) is 12.1 Å². The molecule has 0 saturated heterocycles. The summed E-state index contributed by atoms with van der Waals surface area (Å²) in [7, 11) is -2.76. The monoisotopic (exact) mass is 299 g/mol. The van der Waals surface area contributed by atoms with Crippen molar-refractivity contribution in [2.24, 2.45) is 0 Å². The van der Waals surface area contributed by atoms with Crippen LogP contribution in [-0.2, 0) is 26.0 Å². The lowest BCUT2D eigenvalue weighted by Gasteiger charge is -2.32. The minimum Gasteiger partial charge on any atom is -0.506 e. The number of nitrogens with zero attached hydrogens (tertiary/aromatic N) is 1. The fourth-order valence-electron chi connectivity index (χ4n) is 2.33. The van der Waals surface area contributed by atoms with E-state index in [9.17, 15) is 18.3 Å². The number of phenols is 1. The maximum absolute atomic E-state index is 12.5. The van der Waals surface area contributed by atoms with E-state index in [0.29, 0.717) is 12.8 Å². The lowest BCUT2D eigenvalue weighted by Crippen LogP contribution is -2.44. The second kappa shape index (κ2) is 5.32. The quantitative estimate of drug-likeness (QED) is 0.843. The number of carbonyl (C=O) groups excluding carboxylic acids is 1. The van der Waals surface area contributed by atoms with Crippen LogP contribution in [0.2, 0.25) is 0 Å². The van der Waals surface area contributed by atoms with E-state index in [1.807, 2.05) is 0 Å². The number of benzene rings is 1. The van der Waals surface area contributed by atoms with Gasteiger partial charge in [0.1, 0.15) is 5.75 Å². The number of carbonyl (C=O) groups is 1. The van der Waals surface area contributed by atoms with Crippen molar-refractivity contribution >= 4 is 21.7 Å². The molecule has 1 aromatic carbocycles. The molecule has 1 aliphatic heterocycles. The van der Waals surface area contributed by atoms with Gasteiger partial charge >= 0.3 is 5.97 Å². The van der Waals surface area contributed by atoms with Gasteiger partial charge in [-0.1, -0.05) is 12.1 Å². The van der Waals surface area contributed by atoms with Crippen molar-refractivity contribution in [1.29, 1.82) is 0 Å². The third-order valence-electron chi connectivity index (χ3n) is 3.44. The van der Waals surface area contributed by atoms with E-state index in [1.165, 1.54) is 13.0 Å². The van der Waals surface area contributed by atoms with Crippen LogP contribution >= 0.6 is 0 Å². The van der Waals surface area contributed by atoms with Crippen LogP contribution in [-0.4, -0.2) is 38.4 Å². The molecule has 0 saturated carbocycles. The van der Waals surface area contributed by atoms with Crippen LogP contribution in [0, 0.1) is 0 Å². The Morgan fingerprint density at radius 3 is 2.80 bits per heavy atom. The minimum atomic E-state index is -3.91. The second-order valence-electron chi connectivity index (χ2n) is 4.67. The zero-order valence-electron chi connectivity index (χ0n) is 11.4. The summed E-state index contributed by atoms with van der Waals surface area (Å²) in [6.07, 6.45) is 1.34. The Labute approximate surface area is 118 Å². The highest BCUT2D eigenvalue weighted by Gasteiger charge is 2.38. The van der Waals surface area contributed by atoms with Crippen LogP contribution in [0.4, 0.5) is 5.69 Å². The van der Waals surface area contributed by atoms with Gasteiger partial charge in [-0.05, 0) is 31.4 Å². The number of hydrogen-bond acceptors (Lipinski definition) is 5. The number of anilines is 1. The number of fused-ring (bicyclic) bond motifs is 1. The van der Waals surface area contributed by atoms with Gasteiger partial charge in [0, 0.05) is 6.54 Å². The van der Waals surface area contributed by atoms with Gasteiger partial charge in [-0.3, -0.25) is 9.10 Å². The lowest BCUT2D eigenvalue weighted by molar-refractivity contribution is -0.139. The molecule has 0 amide bonds. The molecular weight excluding hydrogens is 282 g/mol. The number of methoxy groups -OCH3 is 1. The summed E-state index contributed by atoms with van der Waals surface area (Å²) in [5.74, 6) is -0.907. The Bertz CT molecular complexity index is 626. The highest BCUT2D eigenvalue weighted by atomic mass is 32.2. The second-order valence-corrected chi connectivity index (χ2v) is 6.85. The van der Waals surface area contributed by atoms with Crippen molar-refractivity contribution in [2.45, 2.75) is 25.0 Å². The van der Waals surface area contributed by atoms with E-state index in [0.717, 1.165) is 17.0 Å². The molecule has 6 nitrogen and oxygen atoms in total. The number of aromatic hydroxyl groups is 1. The summed E-state index contributed by atoms with van der Waals surface area (Å²) in [6, 6.07) is 4.89. The fourth-order valence-corrected chi connectivity index (χ4v) is 3.90. The van der Waals surface area contributed by atoms with Gasteiger partial charge in [0.15, 0.2) is 5.25 Å². The molecule has 1 N–H and O–H groups in total. The Morgan fingerprint density at radius 2 is 2.15 bits per heavy atom. The highest BCUT2D eigenvalue weighted by Crippen LogP contribution is 2.37. The Hall–Kier alpha value is -1.76. The van der Waals surface area contributed by atoms with Gasteiger partial charge in [0.25, 0.3) is 0 Å². The molecule has 7 heteroatoms. The first-order valence-electron chi connectivity index (χ1n) is 6.30. The van der Waals surface area contributed by atoms with Crippen molar-refractivity contribution in [3.8, 4) is 5.75 Å². The summed E-state index contributed by atoms with van der Waals surface area (Å²) in [4.78, 5) is 11.5. The van der Waals surface area contributed by atoms with Crippen molar-refractivity contribution in [3.05, 3.63) is 23.8 Å². The summed E-state index contributed by atoms with van der Waals surface area (Å²) >= 11 is 0. The van der Waals surface area contributed by atoms with E-state index in [4.69, 9.17) is 0 Å². The van der Waals surface area contributed by atoms with E-state index in [-0.39, 0.29) is 18.0 Å². The van der Waals surface area contributed by atoms with Gasteiger partial charge in [0.05, 0.1) is 12.8 Å². The van der Waals surface area contributed by atoms with Gasteiger partial charge in [0.2, 0.25) is 10.0 Å². The molecule has 1 heterocycles. The first kappa shape index (κ1) is 14.6. The van der Waals surface area contributed by atoms with Crippen LogP contribution in [0.1, 0.15) is 18.9 Å². The zero-order valence-corrected chi connectivity index (χ0v) is 12.2. The van der Waals surface area contributed by atoms with Gasteiger partial charge in [-0.2, -0.15) is 0 Å². The molecule has 1 atom stereocenters. The van der Waals surface area contributed by atoms with Gasteiger partial charge in [-0.15, -0.1) is 0 Å². The van der Waals surface area contributed by atoms with E-state index in [2.05, 4.69) is 4.74 Å². The van der Waals surface area contributed by atoms with Crippen molar-refractivity contribution < 1.29 is 23.1 Å². The maximum Gasteiger partial charge on any atom is 0.325 e. The predicted octanol–water partition coefficient (Wildman–Crippen LogP) is 1.04. The molecule has 0 aliphatic carbocycles. The number of hydrogen-bond donors (Lipinski definition) is 1. The first-order chi connectivity index (χ1) is 9.39. The van der Waals surface area contributed by atoms with Crippen molar-refractivity contribution in [1.82, 2.24) is 0 Å². The third kappa shape index (κ3) is 2.33. The maximum atomic E-state index is 12.5. The van der Waals surface area contributed by atoms with Crippen LogP contribution in [0.25, 0.3) is 0 Å². The topological polar surface area (TPSA) is 83.9 Å². The molecule has 20 heavy (non-hydrogen) atoms. The molecule has 2 rings (SSSR count). The number of phenolic OH excluding ortho intramolecular Hbond substituents is 1. The average Bonchev–Trinajstić information content (AvgIpc) is 2.45. The van der Waals surface area contributed by atoms with Crippen LogP contribution < -0.4 is 4.31 Å². The minimum absolute atomic E-state index is 0.0946. The lowest BCUT2D eigenvalue weighted by atomic mass is 10.0. The van der Waals surface area contributed by atoms with E-state index >= 15 is 0 Å². The Kier molecular flexibility index (Phi) is 3.89. The molecule has 0 aromatic heterocycles. The SMILES string of the molecule is COC(=O)C(C)S(=O)(=O)N1CCCc2cccc(O)c21. The fraction of sp³-hybridized carbons (Fsp3) is 0.462. The molecule has 1 aliphatic rings. The number of ether oxygens (including phenoxy) is 1. The molecule has 110 valence electrons. The van der Waals surface area contributed by atoms with Crippen molar-refractivity contribution in [3.63, 3.8) is 0 Å². The zero-order chi connectivity index (χ0) is 14.9. The molecule has 0 fully saturated rings. The number of para-hydroxylation sites is 1. The van der Waals surface area contributed by atoms with E-state index < -0.39 is 21.2 Å². The molecule has 1 unspecified atom stereocenters. The summed E-state index contributed by atoms with van der Waals surface area (Å²) in [5, 5.41) is 8.64. The average molecular weight is 299 g/mol. The normalized spacial score (nSPS) is 16.4. The van der Waals surface area contributed by atoms with Crippen LogP contribution in [0.15, 0.2) is 18.2 Å². The highest BCUT2D eigenvalue weighted by molar-refractivity contribution is 7.94. The molecular formula is C13H17NO5S. The van der Waals surface area contributed by atoms with Crippen molar-refractivity contribution in [2.75, 3.05) is 18.0 Å². The molecule has 0 radical (unpaired) electrons. The summed E-state index contributed by atoms with van der Waals surface area (Å²) in [5.41, 5.74) is 1.03. The number of aryl methyl sites for hydroxylation is 1. The summed E-state index contributed by atoms with van der Waals surface area (Å²) < 4.78 is 30.6. The first-order valence-corrected chi connectivity index (χ1v) is 7.80. The molecule has 0 spiro atoms. The van der Waals surface area contributed by atoms with Crippen LogP contribution in [0.5, 0.6) is 5.75 Å². The number of sulfonamides is 1. The Balaban J connectivity index is 2.48.